The number of likely N-dealkylation sites (N-methyl/N-ethyl adjacent to an activating group) is 1. The molecule has 14 rings (SSSR count). The van der Waals surface area contributed by atoms with Crippen molar-refractivity contribution in [3.05, 3.63) is 171 Å². The van der Waals surface area contributed by atoms with E-state index in [0.29, 0.717) is 5.56 Å². The van der Waals surface area contributed by atoms with Crippen LogP contribution in [0, 0.1) is 5.92 Å². The van der Waals surface area contributed by atoms with E-state index in [2.05, 4.69) is 63.0 Å². The van der Waals surface area contributed by atoms with Crippen LogP contribution >= 0.6 is 23.2 Å². The summed E-state index contributed by atoms with van der Waals surface area (Å²) in [5.74, 6) is -16.8. The van der Waals surface area contributed by atoms with Crippen molar-refractivity contribution < 1.29 is 135 Å². The molecule has 2 fully saturated rings. The second-order valence-corrected chi connectivity index (χ2v) is 31.9. The number of nitrogens with two attached hydrogens (primary N) is 1. The first-order valence-electron chi connectivity index (χ1n) is 38.9. The maximum absolute atomic E-state index is 16.3. The number of nitrogens with one attached hydrogen (secondary N) is 10. The Morgan fingerprint density at radius 3 is 2.01 bits per heavy atom. The molecule has 7 aliphatic heterocycles. The van der Waals surface area contributed by atoms with Crippen LogP contribution in [-0.2, 0) is 59.1 Å². The molecular formula is C82H90Cl2F3N13O25. The van der Waals surface area contributed by atoms with Crippen LogP contribution in [-0.4, -0.2) is 222 Å². The highest BCUT2D eigenvalue weighted by Gasteiger charge is 2.53. The van der Waals surface area contributed by atoms with E-state index in [0.717, 1.165) is 84.9 Å². The number of phenols is 3. The summed E-state index contributed by atoms with van der Waals surface area (Å²) in [6, 6.07) is 5.53. The van der Waals surface area contributed by atoms with Gasteiger partial charge in [0.15, 0.2) is 23.9 Å². The third-order valence-corrected chi connectivity index (χ3v) is 21.8. The van der Waals surface area contributed by atoms with Crippen molar-refractivity contribution in [3.8, 4) is 62.9 Å². The third-order valence-electron chi connectivity index (χ3n) is 21.2. The summed E-state index contributed by atoms with van der Waals surface area (Å²) >= 11 is 14.4. The molecule has 1 aromatic heterocycles. The molecule has 125 heavy (non-hydrogen) atoms. The van der Waals surface area contributed by atoms with Crippen LogP contribution in [0.4, 0.5) is 18.9 Å². The van der Waals surface area contributed by atoms with Crippen LogP contribution in [0.5, 0.6) is 51.7 Å². The lowest BCUT2D eigenvalue weighted by Crippen LogP contribution is -2.65. The molecule has 9 amide bonds. The molecule has 6 aromatic carbocycles. The van der Waals surface area contributed by atoms with E-state index in [-0.39, 0.29) is 53.2 Å². The van der Waals surface area contributed by atoms with E-state index in [9.17, 15) is 78.3 Å². The van der Waals surface area contributed by atoms with Gasteiger partial charge in [-0.15, -0.1) is 13.2 Å². The molecule has 11 bridgehead atoms. The van der Waals surface area contributed by atoms with Gasteiger partial charge in [-0.05, 0) is 139 Å². The minimum atomic E-state index is -5.02. The number of hydrazine groups is 1. The fourth-order valence-corrected chi connectivity index (χ4v) is 15.4. The number of phenolic OH excluding ortho intramolecular Hbond substituents is 3. The molecule has 0 saturated carbocycles. The molecule has 0 radical (unpaired) electrons. The molecule has 7 aromatic rings. The minimum absolute atomic E-state index is 0.0455. The molecular weight excluding hydrogens is 1690 g/mol. The van der Waals surface area contributed by atoms with Gasteiger partial charge in [0, 0.05) is 73.9 Å². The third kappa shape index (κ3) is 21.2. The zero-order valence-corrected chi connectivity index (χ0v) is 68.9. The number of nitrogens with zero attached hydrogens (tertiary/aromatic N) is 2. The van der Waals surface area contributed by atoms with Gasteiger partial charge >= 0.3 is 6.36 Å². The summed E-state index contributed by atoms with van der Waals surface area (Å²) in [6.45, 7) is 5.45. The summed E-state index contributed by atoms with van der Waals surface area (Å²) in [5, 5.41) is 131. The summed E-state index contributed by atoms with van der Waals surface area (Å²) in [7, 11) is 4.26. The number of hydrogen-bond acceptors (Lipinski definition) is 29. The number of carbonyl (C=O) groups is 9. The lowest BCUT2D eigenvalue weighted by Gasteiger charge is -2.48. The Kier molecular flexibility index (Phi) is 28.3. The number of primary amides is 1. The molecule has 0 spiro atoms. The summed E-state index contributed by atoms with van der Waals surface area (Å²) < 4.78 is 82.6. The number of hydrogen-bond donors (Lipinski definition) is 20. The molecule has 43 heteroatoms. The first-order valence-corrected chi connectivity index (χ1v) is 39.6. The van der Waals surface area contributed by atoms with Crippen molar-refractivity contribution in [3.63, 3.8) is 0 Å². The Morgan fingerprint density at radius 1 is 0.728 bits per heavy atom. The van der Waals surface area contributed by atoms with Gasteiger partial charge in [-0.25, -0.2) is 5.01 Å². The van der Waals surface area contributed by atoms with Gasteiger partial charge in [0.2, 0.25) is 53.4 Å². The first-order chi connectivity index (χ1) is 59.1. The lowest BCUT2D eigenvalue weighted by molar-refractivity contribution is -0.334. The predicted octanol–water partition coefficient (Wildman–Crippen LogP) is 2.99. The lowest BCUT2D eigenvalue weighted by atomic mass is 9.84. The number of pyridine rings is 1. The zero-order chi connectivity index (χ0) is 90.7. The first kappa shape index (κ1) is 92.4. The Hall–Kier alpha value is -11.8. The predicted molar refractivity (Wildman–Crippen MR) is 431 cm³/mol. The van der Waals surface area contributed by atoms with E-state index in [1.807, 2.05) is 0 Å². The summed E-state index contributed by atoms with van der Waals surface area (Å²) in [4.78, 5) is 138. The van der Waals surface area contributed by atoms with Gasteiger partial charge in [0.25, 0.3) is 11.8 Å². The fraction of sp³-hybridized carbons (Fsp3) is 0.390. The van der Waals surface area contributed by atoms with Crippen LogP contribution in [0.3, 0.4) is 0 Å². The molecule has 7 aliphatic rings. The smallest absolute Gasteiger partial charge is 0.508 e. The molecule has 0 aliphatic carbocycles. The number of ether oxygens (including phenoxy) is 7. The maximum atomic E-state index is 16.3. The number of carbonyl (C=O) groups excluding carboxylic acids is 9. The van der Waals surface area contributed by atoms with Crippen LogP contribution in [0.1, 0.15) is 121 Å². The number of aromatic hydroxyl groups is 3. The zero-order valence-electron chi connectivity index (χ0n) is 67.4. The molecule has 668 valence electrons. The molecule has 18 atom stereocenters. The van der Waals surface area contributed by atoms with Gasteiger partial charge in [0.05, 0.1) is 46.9 Å². The van der Waals surface area contributed by atoms with E-state index < -0.39 is 266 Å². The number of aromatic nitrogens is 1. The number of rotatable bonds is 20. The minimum Gasteiger partial charge on any atom is -0.508 e. The molecule has 2 saturated heterocycles. The van der Waals surface area contributed by atoms with Gasteiger partial charge in [0.1, 0.15) is 101 Å². The number of fused-ring (bicyclic) bond motifs is 15. The number of alkyl halides is 3. The van der Waals surface area contributed by atoms with Crippen LogP contribution < -0.4 is 78.0 Å². The van der Waals surface area contributed by atoms with Crippen molar-refractivity contribution >= 4 is 82.1 Å². The average molecular weight is 1790 g/mol. The molecule has 8 heterocycles. The number of aliphatic hydroxyl groups excluding tert-OH is 6. The number of aliphatic hydroxyl groups is 6. The Bertz CT molecular complexity index is 5300. The van der Waals surface area contributed by atoms with E-state index in [1.165, 1.54) is 69.7 Å². The fourth-order valence-electron chi connectivity index (χ4n) is 14.9. The maximum Gasteiger partial charge on any atom is 0.573 e. The highest BCUT2D eigenvalue weighted by molar-refractivity contribution is 6.32. The van der Waals surface area contributed by atoms with Crippen molar-refractivity contribution in [1.82, 2.24) is 58.0 Å². The number of amides is 9. The van der Waals surface area contributed by atoms with Crippen molar-refractivity contribution in [1.29, 1.82) is 0 Å². The van der Waals surface area contributed by atoms with Crippen molar-refractivity contribution in [2.45, 2.75) is 169 Å². The van der Waals surface area contributed by atoms with Gasteiger partial charge in [-0.1, -0.05) is 61.3 Å². The highest BCUT2D eigenvalue weighted by atomic mass is 35.5. The van der Waals surface area contributed by atoms with Crippen LogP contribution in [0.25, 0.3) is 11.1 Å². The van der Waals surface area contributed by atoms with Crippen LogP contribution in [0.15, 0.2) is 122 Å². The van der Waals surface area contributed by atoms with Crippen molar-refractivity contribution in [2.75, 3.05) is 33.1 Å². The van der Waals surface area contributed by atoms with Gasteiger partial charge < -0.3 is 133 Å². The SMILES string of the molecule is CN[C@H](CC(C)C)C(=O)N[C@H]1C(=O)N[C@@H](CC(N)=O)C(=O)N[C@H]2C(=O)N[C@H]3C(=O)N[C@H](C(=O)N[C@@H](C(=O)NN(C)C)c4cc(O)cc(O)c4-c4cc3ccc4O)[C@H](O)c3ccc(c(Cl)c3)Oc3cc2cc(c3O[C@@H]2O[C@H](CO)[C@@H](O)[C@H](O)[C@H]2O[C@H]2C[C@](C)(NCc3cncc(C(=O)Nc4cccc(OC(F)(F)F)c4)c3)[C@H](O)[C@H](C)O2)Oc2ccc(cc2Cl)[C@H]1O. The largest absolute Gasteiger partial charge is 0.573 e. The normalized spacial score (nSPS) is 26.1. The second kappa shape index (κ2) is 38.3. The number of benzene rings is 6. The Balaban J connectivity index is 1.01. The molecule has 21 N–H and O–H groups in total. The van der Waals surface area contributed by atoms with Gasteiger partial charge in [-0.3, -0.25) is 53.6 Å². The molecule has 38 nitrogen and oxygen atoms in total. The number of halogens is 5. The standard InChI is InChI=1S/C82H90Cl2F3N13O25/c1-33(2)17-48(89-5)73(112)97-63-65(106)37-12-15-52(46(83)20-37)120-54-22-39-23-55(69(54)124-80-70(68(109)67(108)56(32-101)122-80)123-58-28-81(4,71(110)34(3)119-58)91-30-35-18-40(31-90-29-35)72(111)92-41-9-8-10-43(24-41)125-82(85,86)87)121-53-16-13-38(21-47(53)84)66(107)64-78(117)96-62(79(118)99-100(6)7)45-25-42(102)26-51(104)59(45)44-19-36(11-14-50(44)103)60(75(114)98-64)95-76(115)61(39)94-74(113)49(27-57(88)105)93-77(63)116/h8-16,18-26,29,31,33-34,48-49,56,58,60-68,70-71,80,89,91,101-104,106-110H,17,27-28,30,32H2,1-7H3,(H2,88,105)(H,92,111)(H,93,116)(H,94,113)(H,95,115)(H,96,117)(H,97,112)(H,98,114)(H,99,118)/t34-,48+,49-,56+,58-,60+,61+,62+,63+,64-,65+,66+,67+,68-,70+,71+,80-,81-/m0/s1. The van der Waals surface area contributed by atoms with Crippen molar-refractivity contribution in [2.24, 2.45) is 11.7 Å². The Morgan fingerprint density at radius 2 is 1.38 bits per heavy atom. The topological polar surface area (TPSA) is 563 Å². The number of anilines is 1. The summed E-state index contributed by atoms with van der Waals surface area (Å²) in [6.07, 6.45) is -22.3. The summed E-state index contributed by atoms with van der Waals surface area (Å²) in [5.41, 5.74) is 4.43. The quantitative estimate of drug-likeness (QED) is 0.0488. The van der Waals surface area contributed by atoms with E-state index >= 15 is 24.0 Å². The monoisotopic (exact) mass is 1780 g/mol. The van der Waals surface area contributed by atoms with E-state index in [1.54, 1.807) is 20.8 Å². The van der Waals surface area contributed by atoms with Gasteiger partial charge in [-0.2, -0.15) is 0 Å². The highest BCUT2D eigenvalue weighted by Crippen LogP contribution is 2.50. The van der Waals surface area contributed by atoms with E-state index in [4.69, 9.17) is 57.4 Å². The second-order valence-electron chi connectivity index (χ2n) is 31.1. The Labute approximate surface area is 719 Å². The molecule has 0 unspecified atom stereocenters. The average Bonchev–Trinajstić information content (AvgIpc) is 0.763. The van der Waals surface area contributed by atoms with Crippen LogP contribution in [0.2, 0.25) is 10.0 Å².